The molecule has 1 aliphatic rings. The largest absolute Gasteiger partial charge is 0.462 e. The molecule has 0 atom stereocenters. The lowest BCUT2D eigenvalue weighted by molar-refractivity contribution is 0.0531. The molecule has 10 heteroatoms. The molecule has 3 heterocycles. The fourth-order valence-corrected chi connectivity index (χ4v) is 3.26. The summed E-state index contributed by atoms with van der Waals surface area (Å²) in [4.78, 5) is 30.7. The van der Waals surface area contributed by atoms with Crippen LogP contribution in [0.1, 0.15) is 32.8 Å². The van der Waals surface area contributed by atoms with Crippen LogP contribution in [0, 0.1) is 6.92 Å². The fraction of sp³-hybridized carbons (Fsp3) is 0.438. The first-order valence-corrected chi connectivity index (χ1v) is 9.02. The van der Waals surface area contributed by atoms with E-state index in [2.05, 4.69) is 20.5 Å². The number of aromatic nitrogens is 3. The highest BCUT2D eigenvalue weighted by Gasteiger charge is 2.19. The monoisotopic (exact) mass is 377 g/mol. The smallest absolute Gasteiger partial charge is 0.350 e. The van der Waals surface area contributed by atoms with Crippen LogP contribution in [0.2, 0.25) is 0 Å². The van der Waals surface area contributed by atoms with Gasteiger partial charge < -0.3 is 14.4 Å². The minimum atomic E-state index is -0.447. The number of nitrogens with one attached hydrogen (secondary N) is 1. The number of hydrogen-bond donors (Lipinski definition) is 1. The van der Waals surface area contributed by atoms with E-state index in [9.17, 15) is 9.59 Å². The Balaban J connectivity index is 1.66. The van der Waals surface area contributed by atoms with E-state index in [1.54, 1.807) is 26.0 Å². The summed E-state index contributed by atoms with van der Waals surface area (Å²) in [5.74, 6) is -0.174. The van der Waals surface area contributed by atoms with Crippen LogP contribution < -0.4 is 10.2 Å². The van der Waals surface area contributed by atoms with Gasteiger partial charge in [0.1, 0.15) is 4.88 Å². The summed E-state index contributed by atoms with van der Waals surface area (Å²) < 4.78 is 10.3. The van der Waals surface area contributed by atoms with Gasteiger partial charge in [0.15, 0.2) is 16.6 Å². The zero-order valence-corrected chi connectivity index (χ0v) is 15.3. The van der Waals surface area contributed by atoms with Gasteiger partial charge in [-0.3, -0.25) is 10.1 Å². The third-order valence-corrected chi connectivity index (χ3v) is 4.75. The van der Waals surface area contributed by atoms with Gasteiger partial charge in [0, 0.05) is 13.1 Å². The highest BCUT2D eigenvalue weighted by molar-refractivity contribution is 7.17. The number of carbonyl (C=O) groups is 2. The lowest BCUT2D eigenvalue weighted by atomic mass is 10.3. The van der Waals surface area contributed by atoms with Gasteiger partial charge >= 0.3 is 5.97 Å². The van der Waals surface area contributed by atoms with Gasteiger partial charge in [-0.25, -0.2) is 9.78 Å². The molecule has 0 saturated carbocycles. The number of rotatable bonds is 5. The summed E-state index contributed by atoms with van der Waals surface area (Å²) in [6.45, 7) is 6.49. The molecule has 138 valence electrons. The zero-order chi connectivity index (χ0) is 18.5. The molecular weight excluding hydrogens is 358 g/mol. The van der Waals surface area contributed by atoms with Crippen LogP contribution in [0.5, 0.6) is 0 Å². The summed E-state index contributed by atoms with van der Waals surface area (Å²) in [6.07, 6.45) is 0. The number of amides is 1. The zero-order valence-electron chi connectivity index (χ0n) is 14.5. The topological polar surface area (TPSA) is 107 Å². The maximum Gasteiger partial charge on any atom is 0.350 e. The van der Waals surface area contributed by atoms with E-state index in [0.717, 1.165) is 24.4 Å². The SMILES string of the molecule is CCOC(=O)c1sc(NC(=O)c2ccc(N3CCOCC3)nn2)nc1C. The van der Waals surface area contributed by atoms with E-state index in [4.69, 9.17) is 9.47 Å². The molecule has 26 heavy (non-hydrogen) atoms. The summed E-state index contributed by atoms with van der Waals surface area (Å²) in [7, 11) is 0. The van der Waals surface area contributed by atoms with Crippen molar-refractivity contribution in [1.82, 2.24) is 15.2 Å². The van der Waals surface area contributed by atoms with Crippen LogP contribution in [-0.2, 0) is 9.47 Å². The first-order chi connectivity index (χ1) is 12.6. The summed E-state index contributed by atoms with van der Waals surface area (Å²) in [6, 6.07) is 3.37. The number of morpholine rings is 1. The van der Waals surface area contributed by atoms with Crippen LogP contribution in [-0.4, -0.2) is 60.0 Å². The van der Waals surface area contributed by atoms with Crippen molar-refractivity contribution < 1.29 is 19.1 Å². The molecule has 0 spiro atoms. The molecule has 1 N–H and O–H groups in total. The average molecular weight is 377 g/mol. The van der Waals surface area contributed by atoms with Crippen molar-refractivity contribution >= 4 is 34.2 Å². The van der Waals surface area contributed by atoms with Crippen molar-refractivity contribution in [3.63, 3.8) is 0 Å². The van der Waals surface area contributed by atoms with Crippen molar-refractivity contribution in [3.8, 4) is 0 Å². The molecule has 9 nitrogen and oxygen atoms in total. The summed E-state index contributed by atoms with van der Waals surface area (Å²) >= 11 is 1.07. The maximum atomic E-state index is 12.3. The van der Waals surface area contributed by atoms with Gasteiger partial charge in [0.05, 0.1) is 25.5 Å². The average Bonchev–Trinajstić information content (AvgIpc) is 3.03. The minimum Gasteiger partial charge on any atom is -0.462 e. The number of hydrogen-bond acceptors (Lipinski definition) is 9. The number of nitrogens with zero attached hydrogens (tertiary/aromatic N) is 4. The lowest BCUT2D eigenvalue weighted by Crippen LogP contribution is -2.37. The summed E-state index contributed by atoms with van der Waals surface area (Å²) in [5.41, 5.74) is 0.685. The van der Waals surface area contributed by atoms with E-state index in [0.29, 0.717) is 34.7 Å². The third-order valence-electron chi connectivity index (χ3n) is 3.70. The maximum absolute atomic E-state index is 12.3. The molecular formula is C16H19N5O4S. The van der Waals surface area contributed by atoms with Crippen molar-refractivity contribution in [2.24, 2.45) is 0 Å². The van der Waals surface area contributed by atoms with Crippen molar-refractivity contribution in [3.05, 3.63) is 28.4 Å². The molecule has 0 radical (unpaired) electrons. The number of anilines is 2. The van der Waals surface area contributed by atoms with Gasteiger partial charge in [0.25, 0.3) is 5.91 Å². The van der Waals surface area contributed by atoms with Crippen LogP contribution >= 0.6 is 11.3 Å². The second-order valence-corrected chi connectivity index (χ2v) is 6.48. The molecule has 0 bridgehead atoms. The number of carbonyl (C=O) groups excluding carboxylic acids is 2. The molecule has 1 saturated heterocycles. The third kappa shape index (κ3) is 4.14. The molecule has 2 aromatic heterocycles. The van der Waals surface area contributed by atoms with Crippen molar-refractivity contribution in [2.45, 2.75) is 13.8 Å². The van der Waals surface area contributed by atoms with E-state index in [1.807, 2.05) is 4.90 Å². The van der Waals surface area contributed by atoms with E-state index < -0.39 is 11.9 Å². The molecule has 0 unspecified atom stereocenters. The molecule has 0 aliphatic carbocycles. The van der Waals surface area contributed by atoms with Gasteiger partial charge in [-0.05, 0) is 26.0 Å². The second-order valence-electron chi connectivity index (χ2n) is 5.48. The summed E-state index contributed by atoms with van der Waals surface area (Å²) in [5, 5.41) is 11.0. The fourth-order valence-electron chi connectivity index (χ4n) is 2.40. The number of ether oxygens (including phenoxy) is 2. The Labute approximate surface area is 154 Å². The minimum absolute atomic E-state index is 0.174. The molecule has 2 aromatic rings. The Bertz CT molecular complexity index is 786. The number of esters is 1. The molecule has 1 aliphatic heterocycles. The van der Waals surface area contributed by atoms with Gasteiger partial charge in [-0.2, -0.15) is 0 Å². The standard InChI is InChI=1S/C16H19N5O4S/c1-3-25-15(23)13-10(2)17-16(26-13)18-14(22)11-4-5-12(20-19-11)21-6-8-24-9-7-21/h4-5H,3,6-9H2,1-2H3,(H,17,18,22). The van der Waals surface area contributed by atoms with E-state index in [1.165, 1.54) is 0 Å². The van der Waals surface area contributed by atoms with Crippen molar-refractivity contribution in [2.75, 3.05) is 43.1 Å². The number of thiazole rings is 1. The predicted molar refractivity (Wildman–Crippen MR) is 95.8 cm³/mol. The highest BCUT2D eigenvalue weighted by atomic mass is 32.1. The molecule has 1 amide bonds. The molecule has 1 fully saturated rings. The normalized spacial score (nSPS) is 14.2. The van der Waals surface area contributed by atoms with Gasteiger partial charge in [-0.15, -0.1) is 10.2 Å². The van der Waals surface area contributed by atoms with Crippen LogP contribution in [0.4, 0.5) is 10.9 Å². The van der Waals surface area contributed by atoms with E-state index in [-0.39, 0.29) is 12.3 Å². The highest BCUT2D eigenvalue weighted by Crippen LogP contribution is 2.24. The quantitative estimate of drug-likeness (QED) is 0.782. The predicted octanol–water partition coefficient (Wildman–Crippen LogP) is 1.51. The Hall–Kier alpha value is -2.59. The number of aryl methyl sites for hydroxylation is 1. The Morgan fingerprint density at radius 1 is 1.31 bits per heavy atom. The van der Waals surface area contributed by atoms with Crippen molar-refractivity contribution in [1.29, 1.82) is 0 Å². The first kappa shape index (κ1) is 18.2. The first-order valence-electron chi connectivity index (χ1n) is 8.20. The van der Waals surface area contributed by atoms with Gasteiger partial charge in [0.2, 0.25) is 0 Å². The Morgan fingerprint density at radius 3 is 2.73 bits per heavy atom. The molecule has 3 rings (SSSR count). The molecule has 0 aromatic carbocycles. The lowest BCUT2D eigenvalue weighted by Gasteiger charge is -2.27. The van der Waals surface area contributed by atoms with Crippen LogP contribution in [0.15, 0.2) is 12.1 Å². The van der Waals surface area contributed by atoms with Gasteiger partial charge in [-0.1, -0.05) is 11.3 Å². The van der Waals surface area contributed by atoms with Crippen LogP contribution in [0.25, 0.3) is 0 Å². The Morgan fingerprint density at radius 2 is 2.08 bits per heavy atom. The van der Waals surface area contributed by atoms with E-state index >= 15 is 0 Å². The second kappa shape index (κ2) is 8.19. The van der Waals surface area contributed by atoms with Crippen LogP contribution in [0.3, 0.4) is 0 Å². The Kier molecular flexibility index (Phi) is 5.74.